The highest BCUT2D eigenvalue weighted by molar-refractivity contribution is 5.75. The Balaban J connectivity index is 1.58. The van der Waals surface area contributed by atoms with Gasteiger partial charge in [0.25, 0.3) is 0 Å². The highest BCUT2D eigenvalue weighted by Gasteiger charge is 2.22. The van der Waals surface area contributed by atoms with Crippen LogP contribution >= 0.6 is 0 Å². The van der Waals surface area contributed by atoms with Crippen molar-refractivity contribution in [2.24, 2.45) is 5.92 Å². The third kappa shape index (κ3) is 5.79. The van der Waals surface area contributed by atoms with Crippen molar-refractivity contribution >= 4 is 5.91 Å². The normalized spacial score (nSPS) is 18.3. The zero-order valence-corrected chi connectivity index (χ0v) is 13.2. The van der Waals surface area contributed by atoms with E-state index in [-0.39, 0.29) is 5.91 Å². The number of likely N-dealkylation sites (tertiary alicyclic amines) is 1. The largest absolute Gasteiger partial charge is 0.467 e. The maximum atomic E-state index is 11.4. The number of aliphatic hydroxyl groups is 1. The number of amides is 1. The van der Waals surface area contributed by atoms with Crippen molar-refractivity contribution in [3.63, 3.8) is 0 Å². The molecule has 1 aromatic heterocycles. The second-order valence-corrected chi connectivity index (χ2v) is 5.87. The van der Waals surface area contributed by atoms with Crippen molar-refractivity contribution in [2.45, 2.75) is 32.0 Å². The number of rotatable bonds is 8. The van der Waals surface area contributed by atoms with E-state index < -0.39 is 6.10 Å². The van der Waals surface area contributed by atoms with Crippen LogP contribution in [0.25, 0.3) is 0 Å². The molecule has 0 aromatic carbocycles. The molecule has 2 heterocycles. The average Bonchev–Trinajstić information content (AvgIpc) is 3.02. The topological polar surface area (TPSA) is 74.9 Å². The lowest BCUT2D eigenvalue weighted by atomic mass is 9.93. The van der Waals surface area contributed by atoms with Gasteiger partial charge in [0.05, 0.1) is 19.0 Å². The van der Waals surface area contributed by atoms with Crippen LogP contribution in [0.15, 0.2) is 22.8 Å². The molecule has 124 valence electrons. The molecule has 0 saturated carbocycles. The number of furan rings is 1. The molecule has 1 amide bonds. The molecular formula is C16H26N2O4. The summed E-state index contributed by atoms with van der Waals surface area (Å²) < 4.78 is 10.6. The zero-order chi connectivity index (χ0) is 15.8. The standard InChI is InChI=1S/C16H26N2O4/c1-17-16(20)9-13-4-6-18(7-5-13)10-14(19)11-21-12-15-3-2-8-22-15/h2-3,8,13-14,19H,4-7,9-12H2,1H3,(H,17,20). The first-order valence-corrected chi connectivity index (χ1v) is 7.88. The molecule has 1 aliphatic rings. The molecule has 2 rings (SSSR count). The predicted molar refractivity (Wildman–Crippen MR) is 82.2 cm³/mol. The third-order valence-electron chi connectivity index (χ3n) is 4.06. The molecule has 0 radical (unpaired) electrons. The number of carbonyl (C=O) groups excluding carboxylic acids is 1. The molecule has 1 unspecified atom stereocenters. The minimum atomic E-state index is -0.495. The highest BCUT2D eigenvalue weighted by atomic mass is 16.5. The second-order valence-electron chi connectivity index (χ2n) is 5.87. The van der Waals surface area contributed by atoms with E-state index in [1.807, 2.05) is 12.1 Å². The van der Waals surface area contributed by atoms with E-state index in [0.717, 1.165) is 31.7 Å². The molecule has 1 saturated heterocycles. The van der Waals surface area contributed by atoms with Gasteiger partial charge >= 0.3 is 0 Å². The van der Waals surface area contributed by atoms with E-state index in [1.54, 1.807) is 13.3 Å². The first kappa shape index (κ1) is 17.0. The first-order valence-electron chi connectivity index (χ1n) is 7.88. The van der Waals surface area contributed by atoms with E-state index in [0.29, 0.717) is 32.1 Å². The minimum Gasteiger partial charge on any atom is -0.467 e. The summed E-state index contributed by atoms with van der Waals surface area (Å²) in [6, 6.07) is 3.67. The highest BCUT2D eigenvalue weighted by Crippen LogP contribution is 2.20. The molecule has 1 atom stereocenters. The van der Waals surface area contributed by atoms with Crippen LogP contribution in [0.1, 0.15) is 25.0 Å². The maximum Gasteiger partial charge on any atom is 0.220 e. The van der Waals surface area contributed by atoms with Crippen LogP contribution in [-0.4, -0.2) is 55.3 Å². The lowest BCUT2D eigenvalue weighted by Gasteiger charge is -2.32. The van der Waals surface area contributed by atoms with E-state index in [1.165, 1.54) is 0 Å². The Kier molecular flexibility index (Phi) is 6.89. The Morgan fingerprint density at radius 3 is 2.95 bits per heavy atom. The Bertz CT molecular complexity index is 427. The Morgan fingerprint density at radius 1 is 1.55 bits per heavy atom. The molecule has 1 aliphatic heterocycles. The number of ether oxygens (including phenoxy) is 1. The first-order chi connectivity index (χ1) is 10.7. The molecular weight excluding hydrogens is 284 g/mol. The molecule has 6 nitrogen and oxygen atoms in total. The molecule has 1 fully saturated rings. The average molecular weight is 310 g/mol. The quantitative estimate of drug-likeness (QED) is 0.749. The lowest BCUT2D eigenvalue weighted by molar-refractivity contribution is -0.121. The minimum absolute atomic E-state index is 0.116. The summed E-state index contributed by atoms with van der Waals surface area (Å²) in [4.78, 5) is 13.6. The lowest BCUT2D eigenvalue weighted by Crippen LogP contribution is -2.41. The number of hydrogen-bond donors (Lipinski definition) is 2. The third-order valence-corrected chi connectivity index (χ3v) is 4.06. The molecule has 2 N–H and O–H groups in total. The number of aliphatic hydroxyl groups excluding tert-OH is 1. The Hall–Kier alpha value is -1.37. The van der Waals surface area contributed by atoms with E-state index in [9.17, 15) is 9.90 Å². The fourth-order valence-corrected chi connectivity index (χ4v) is 2.78. The number of hydrogen-bond acceptors (Lipinski definition) is 5. The molecule has 0 aliphatic carbocycles. The summed E-state index contributed by atoms with van der Waals surface area (Å²) in [6.07, 6.45) is 3.74. The van der Waals surface area contributed by atoms with Crippen molar-refractivity contribution in [1.29, 1.82) is 0 Å². The van der Waals surface area contributed by atoms with Gasteiger partial charge in [0.15, 0.2) is 0 Å². The van der Waals surface area contributed by atoms with Crippen LogP contribution < -0.4 is 5.32 Å². The van der Waals surface area contributed by atoms with Gasteiger partial charge in [0.2, 0.25) is 5.91 Å². The van der Waals surface area contributed by atoms with Crippen molar-refractivity contribution in [3.8, 4) is 0 Å². The number of nitrogens with one attached hydrogen (secondary N) is 1. The van der Waals surface area contributed by atoms with Crippen molar-refractivity contribution in [3.05, 3.63) is 24.2 Å². The van der Waals surface area contributed by atoms with Gasteiger partial charge in [0, 0.05) is 20.0 Å². The summed E-state index contributed by atoms with van der Waals surface area (Å²) in [5.74, 6) is 1.34. The van der Waals surface area contributed by atoms with Gasteiger partial charge in [-0.15, -0.1) is 0 Å². The Labute approximate surface area is 131 Å². The SMILES string of the molecule is CNC(=O)CC1CCN(CC(O)COCc2ccco2)CC1. The van der Waals surface area contributed by atoms with Crippen LogP contribution in [-0.2, 0) is 16.1 Å². The van der Waals surface area contributed by atoms with Crippen LogP contribution in [0.4, 0.5) is 0 Å². The summed E-state index contributed by atoms with van der Waals surface area (Å²) in [6.45, 7) is 3.16. The summed E-state index contributed by atoms with van der Waals surface area (Å²) in [5, 5.41) is 12.7. The fraction of sp³-hybridized carbons (Fsp3) is 0.688. The fourth-order valence-electron chi connectivity index (χ4n) is 2.78. The van der Waals surface area contributed by atoms with Crippen molar-refractivity contribution < 1.29 is 19.1 Å². The van der Waals surface area contributed by atoms with Crippen molar-refractivity contribution in [1.82, 2.24) is 10.2 Å². The van der Waals surface area contributed by atoms with Crippen LogP contribution in [0.2, 0.25) is 0 Å². The second kappa shape index (κ2) is 8.92. The van der Waals surface area contributed by atoms with Crippen LogP contribution in [0, 0.1) is 5.92 Å². The molecule has 6 heteroatoms. The molecule has 0 spiro atoms. The molecule has 0 bridgehead atoms. The van der Waals surface area contributed by atoms with E-state index in [2.05, 4.69) is 10.2 Å². The Morgan fingerprint density at radius 2 is 2.32 bits per heavy atom. The number of nitrogens with zero attached hydrogens (tertiary/aromatic N) is 1. The number of β-amino-alcohol motifs (C(OH)–C–C–N with tert-alkyl or cyclic N) is 1. The number of carbonyl (C=O) groups is 1. The van der Waals surface area contributed by atoms with Gasteiger partial charge in [-0.1, -0.05) is 0 Å². The van der Waals surface area contributed by atoms with Crippen molar-refractivity contribution in [2.75, 3.05) is 33.3 Å². The maximum absolute atomic E-state index is 11.4. The summed E-state index contributed by atoms with van der Waals surface area (Å²) >= 11 is 0. The van der Waals surface area contributed by atoms with Gasteiger partial charge in [-0.05, 0) is 44.0 Å². The van der Waals surface area contributed by atoms with Gasteiger partial charge in [-0.25, -0.2) is 0 Å². The monoisotopic (exact) mass is 310 g/mol. The smallest absolute Gasteiger partial charge is 0.220 e. The van der Waals surface area contributed by atoms with E-state index in [4.69, 9.17) is 9.15 Å². The van der Waals surface area contributed by atoms with E-state index >= 15 is 0 Å². The van der Waals surface area contributed by atoms with Gasteiger partial charge in [-0.2, -0.15) is 0 Å². The van der Waals surface area contributed by atoms with Gasteiger partial charge in [-0.3, -0.25) is 4.79 Å². The zero-order valence-electron chi connectivity index (χ0n) is 13.2. The number of piperidine rings is 1. The summed E-state index contributed by atoms with van der Waals surface area (Å²) in [7, 11) is 1.68. The van der Waals surface area contributed by atoms with Crippen LogP contribution in [0.3, 0.4) is 0 Å². The molecule has 1 aromatic rings. The van der Waals surface area contributed by atoms with Gasteiger partial charge in [0.1, 0.15) is 12.4 Å². The molecule has 22 heavy (non-hydrogen) atoms. The predicted octanol–water partition coefficient (Wildman–Crippen LogP) is 1.01. The van der Waals surface area contributed by atoms with Crippen LogP contribution in [0.5, 0.6) is 0 Å². The van der Waals surface area contributed by atoms with Gasteiger partial charge < -0.3 is 24.5 Å². The summed E-state index contributed by atoms with van der Waals surface area (Å²) in [5.41, 5.74) is 0.